The molecule has 4 nitrogen and oxygen atoms in total. The second-order valence-electron chi connectivity index (χ2n) is 3.63. The lowest BCUT2D eigenvalue weighted by Gasteiger charge is -2.08. The highest BCUT2D eigenvalue weighted by Crippen LogP contribution is 2.23. The predicted molar refractivity (Wildman–Crippen MR) is 51.3 cm³/mol. The molecular formula is C9H14N4. The maximum atomic E-state index is 5.47. The van der Waals surface area contributed by atoms with E-state index in [1.807, 2.05) is 12.1 Å². The minimum absolute atomic E-state index is 0.495. The normalized spacial score (nSPS) is 23.6. The van der Waals surface area contributed by atoms with E-state index in [9.17, 15) is 0 Å². The molecule has 0 spiro atoms. The van der Waals surface area contributed by atoms with Gasteiger partial charge < -0.3 is 10.6 Å². The highest BCUT2D eigenvalue weighted by Gasteiger charge is 2.22. The van der Waals surface area contributed by atoms with Gasteiger partial charge in [-0.2, -0.15) is 5.10 Å². The van der Waals surface area contributed by atoms with Crippen molar-refractivity contribution < 1.29 is 0 Å². The number of likely N-dealkylation sites (N-methyl/N-ethyl adjacent to an activating group) is 1. The van der Waals surface area contributed by atoms with Crippen LogP contribution in [0.5, 0.6) is 0 Å². The first-order valence-corrected chi connectivity index (χ1v) is 4.53. The number of hydrogen-bond acceptors (Lipinski definition) is 4. The third kappa shape index (κ3) is 1.78. The van der Waals surface area contributed by atoms with Gasteiger partial charge in [0.1, 0.15) is 5.82 Å². The quantitative estimate of drug-likeness (QED) is 0.679. The molecule has 0 radical (unpaired) electrons. The summed E-state index contributed by atoms with van der Waals surface area (Å²) in [4.78, 5) is 2.31. The lowest BCUT2D eigenvalue weighted by atomic mass is 10.1. The molecule has 1 atom stereocenters. The molecule has 70 valence electrons. The van der Waals surface area contributed by atoms with Crippen LogP contribution in [0, 0.1) is 0 Å². The third-order valence-corrected chi connectivity index (χ3v) is 2.52. The predicted octanol–water partition coefficient (Wildman–Crippen LogP) is 0.478. The summed E-state index contributed by atoms with van der Waals surface area (Å²) in [6.07, 6.45) is 1.18. The van der Waals surface area contributed by atoms with Crippen molar-refractivity contribution in [2.24, 2.45) is 0 Å². The Morgan fingerprint density at radius 1 is 1.46 bits per heavy atom. The van der Waals surface area contributed by atoms with Gasteiger partial charge in [0.15, 0.2) is 0 Å². The second-order valence-corrected chi connectivity index (χ2v) is 3.63. The van der Waals surface area contributed by atoms with Crippen LogP contribution in [-0.2, 0) is 0 Å². The fourth-order valence-electron chi connectivity index (χ4n) is 1.75. The molecule has 0 saturated carbocycles. The maximum Gasteiger partial charge on any atom is 0.146 e. The smallest absolute Gasteiger partial charge is 0.146 e. The van der Waals surface area contributed by atoms with Crippen molar-refractivity contribution in [1.82, 2.24) is 15.1 Å². The van der Waals surface area contributed by atoms with Gasteiger partial charge in [-0.05, 0) is 32.1 Å². The molecule has 13 heavy (non-hydrogen) atoms. The van der Waals surface area contributed by atoms with Gasteiger partial charge in [-0.1, -0.05) is 0 Å². The Morgan fingerprint density at radius 2 is 2.31 bits per heavy atom. The van der Waals surface area contributed by atoms with E-state index in [0.717, 1.165) is 18.8 Å². The summed E-state index contributed by atoms with van der Waals surface area (Å²) in [7, 11) is 2.13. The molecule has 1 aliphatic rings. The summed E-state index contributed by atoms with van der Waals surface area (Å²) < 4.78 is 0. The molecule has 0 aromatic carbocycles. The first kappa shape index (κ1) is 8.44. The summed E-state index contributed by atoms with van der Waals surface area (Å²) in [5.74, 6) is 1.04. The average molecular weight is 178 g/mol. The van der Waals surface area contributed by atoms with E-state index < -0.39 is 0 Å². The van der Waals surface area contributed by atoms with Gasteiger partial charge in [0.25, 0.3) is 0 Å². The Bertz CT molecular complexity index is 282. The minimum Gasteiger partial charge on any atom is -0.382 e. The molecule has 1 unspecified atom stereocenters. The highest BCUT2D eigenvalue weighted by atomic mass is 15.2. The molecule has 2 heterocycles. The molecule has 1 fully saturated rings. The molecule has 0 bridgehead atoms. The summed E-state index contributed by atoms with van der Waals surface area (Å²) in [5, 5.41) is 7.95. The van der Waals surface area contributed by atoms with E-state index in [2.05, 4.69) is 22.1 Å². The monoisotopic (exact) mass is 178 g/mol. The zero-order valence-corrected chi connectivity index (χ0v) is 7.77. The minimum atomic E-state index is 0.495. The molecule has 4 heteroatoms. The number of likely N-dealkylation sites (tertiary alicyclic amines) is 1. The van der Waals surface area contributed by atoms with Crippen molar-refractivity contribution in [1.29, 1.82) is 0 Å². The zero-order chi connectivity index (χ0) is 9.26. The van der Waals surface area contributed by atoms with Crippen LogP contribution >= 0.6 is 0 Å². The van der Waals surface area contributed by atoms with Gasteiger partial charge in [-0.15, -0.1) is 5.10 Å². The summed E-state index contributed by atoms with van der Waals surface area (Å²) in [5.41, 5.74) is 6.54. The number of hydrogen-bond donors (Lipinski definition) is 1. The summed E-state index contributed by atoms with van der Waals surface area (Å²) in [6.45, 7) is 2.23. The Hall–Kier alpha value is -1.16. The van der Waals surface area contributed by atoms with E-state index in [4.69, 9.17) is 5.73 Å². The fraction of sp³-hybridized carbons (Fsp3) is 0.556. The van der Waals surface area contributed by atoms with Crippen LogP contribution in [0.2, 0.25) is 0 Å². The van der Waals surface area contributed by atoms with Crippen molar-refractivity contribution in [2.45, 2.75) is 12.3 Å². The number of nitrogens with two attached hydrogens (primary N) is 1. The Balaban J connectivity index is 2.13. The van der Waals surface area contributed by atoms with Crippen molar-refractivity contribution in [3.63, 3.8) is 0 Å². The lowest BCUT2D eigenvalue weighted by molar-refractivity contribution is 0.410. The van der Waals surface area contributed by atoms with Crippen LogP contribution in [-0.4, -0.2) is 35.2 Å². The number of nitrogens with zero attached hydrogens (tertiary/aromatic N) is 3. The van der Waals surface area contributed by atoms with Crippen LogP contribution in [0.15, 0.2) is 12.1 Å². The fourth-order valence-corrected chi connectivity index (χ4v) is 1.75. The number of anilines is 1. The van der Waals surface area contributed by atoms with E-state index in [1.165, 1.54) is 6.42 Å². The topological polar surface area (TPSA) is 55.0 Å². The molecule has 2 N–H and O–H groups in total. The molecule has 0 aliphatic carbocycles. The van der Waals surface area contributed by atoms with Crippen molar-refractivity contribution in [3.8, 4) is 0 Å². The van der Waals surface area contributed by atoms with Crippen molar-refractivity contribution in [2.75, 3.05) is 25.9 Å². The van der Waals surface area contributed by atoms with E-state index in [0.29, 0.717) is 11.7 Å². The van der Waals surface area contributed by atoms with Crippen LogP contribution in [0.3, 0.4) is 0 Å². The number of rotatable bonds is 1. The molecule has 2 rings (SSSR count). The Morgan fingerprint density at radius 3 is 2.85 bits per heavy atom. The van der Waals surface area contributed by atoms with Crippen LogP contribution < -0.4 is 5.73 Å². The van der Waals surface area contributed by atoms with E-state index >= 15 is 0 Å². The van der Waals surface area contributed by atoms with Gasteiger partial charge in [0.2, 0.25) is 0 Å². The lowest BCUT2D eigenvalue weighted by Crippen LogP contribution is -2.14. The molecule has 0 amide bonds. The van der Waals surface area contributed by atoms with Crippen LogP contribution in [0.25, 0.3) is 0 Å². The van der Waals surface area contributed by atoms with E-state index in [1.54, 1.807) is 0 Å². The average Bonchev–Trinajstić information content (AvgIpc) is 2.53. The SMILES string of the molecule is CN1CCC(c2ccc(N)nn2)C1. The third-order valence-electron chi connectivity index (χ3n) is 2.52. The largest absolute Gasteiger partial charge is 0.382 e. The van der Waals surface area contributed by atoms with Crippen molar-refractivity contribution >= 4 is 5.82 Å². The number of nitrogen functional groups attached to an aromatic ring is 1. The highest BCUT2D eigenvalue weighted by molar-refractivity contribution is 5.26. The van der Waals surface area contributed by atoms with Gasteiger partial charge in [0, 0.05) is 12.5 Å². The van der Waals surface area contributed by atoms with Crippen LogP contribution in [0.4, 0.5) is 5.82 Å². The second kappa shape index (κ2) is 3.30. The molecule has 1 saturated heterocycles. The summed E-state index contributed by atoms with van der Waals surface area (Å²) in [6, 6.07) is 3.80. The Labute approximate surface area is 77.8 Å². The van der Waals surface area contributed by atoms with Gasteiger partial charge >= 0.3 is 0 Å². The van der Waals surface area contributed by atoms with Crippen LogP contribution in [0.1, 0.15) is 18.0 Å². The first-order valence-electron chi connectivity index (χ1n) is 4.53. The number of aromatic nitrogens is 2. The summed E-state index contributed by atoms with van der Waals surface area (Å²) >= 11 is 0. The Kier molecular flexibility index (Phi) is 2.14. The standard InChI is InChI=1S/C9H14N4/c1-13-5-4-7(6-13)8-2-3-9(10)12-11-8/h2-3,7H,4-6H2,1H3,(H2,10,12). The van der Waals surface area contributed by atoms with Crippen molar-refractivity contribution in [3.05, 3.63) is 17.8 Å². The first-order chi connectivity index (χ1) is 6.25. The van der Waals surface area contributed by atoms with E-state index in [-0.39, 0.29) is 0 Å². The molecular weight excluding hydrogens is 164 g/mol. The zero-order valence-electron chi connectivity index (χ0n) is 7.77. The molecule has 1 aromatic rings. The van der Waals surface area contributed by atoms with Gasteiger partial charge in [0.05, 0.1) is 5.69 Å². The molecule has 1 aromatic heterocycles. The maximum absolute atomic E-state index is 5.47. The van der Waals surface area contributed by atoms with Gasteiger partial charge in [-0.3, -0.25) is 0 Å². The van der Waals surface area contributed by atoms with Gasteiger partial charge in [-0.25, -0.2) is 0 Å². The molecule has 1 aliphatic heterocycles.